The molecule has 0 radical (unpaired) electrons. The van der Waals surface area contributed by atoms with Crippen molar-refractivity contribution < 1.29 is 22.4 Å². The third-order valence-electron chi connectivity index (χ3n) is 2.31. The molecule has 0 N–H and O–H groups in total. The summed E-state index contributed by atoms with van der Waals surface area (Å²) in [7, 11) is -4.01. The zero-order valence-electron chi connectivity index (χ0n) is 11.5. The van der Waals surface area contributed by atoms with Gasteiger partial charge in [0.2, 0.25) is 17.1 Å². The molecule has 1 aromatic rings. The Morgan fingerprint density at radius 2 is 1.50 bits per heavy atom. The second kappa shape index (κ2) is 10.4. The van der Waals surface area contributed by atoms with Gasteiger partial charge in [-0.05, 0) is 114 Å². The maximum Gasteiger partial charge on any atom is 0.266 e. The standard InChI is InChI=1S/C10H3Br9O5S2/c11-8(12,13)7(20)5-3-4(25-24-23-9(14,15)16)1-2-6(5)26(21,22)10(17,18)19/h1-3H. The lowest BCUT2D eigenvalue weighted by Gasteiger charge is -2.19. The van der Waals surface area contributed by atoms with Gasteiger partial charge in [0.1, 0.15) is 0 Å². The molecule has 0 aliphatic carbocycles. The van der Waals surface area contributed by atoms with Gasteiger partial charge in [0.15, 0.2) is 2.14 Å². The highest BCUT2D eigenvalue weighted by molar-refractivity contribution is 9.42. The molecule has 1 aromatic carbocycles. The Bertz CT molecular complexity index is 780. The molecule has 5 nitrogen and oxygen atoms in total. The fourth-order valence-corrected chi connectivity index (χ4v) is 5.46. The molecule has 0 aliphatic heterocycles. The summed E-state index contributed by atoms with van der Waals surface area (Å²) in [5.74, 6) is -0.577. The van der Waals surface area contributed by atoms with Crippen LogP contribution in [0.1, 0.15) is 10.4 Å². The van der Waals surface area contributed by atoms with Gasteiger partial charge in [0.05, 0.1) is 16.9 Å². The quantitative estimate of drug-likeness (QED) is 0.0980. The lowest BCUT2D eigenvalue weighted by Crippen LogP contribution is -2.24. The first-order valence-electron chi connectivity index (χ1n) is 5.63. The second-order valence-electron chi connectivity index (χ2n) is 4.11. The molecule has 0 aliphatic rings. The van der Waals surface area contributed by atoms with Crippen LogP contribution in [0.5, 0.6) is 0 Å². The van der Waals surface area contributed by atoms with E-state index < -0.39 is 21.6 Å². The van der Waals surface area contributed by atoms with Gasteiger partial charge in [-0.1, -0.05) is 47.8 Å². The predicted molar refractivity (Wildman–Crippen MR) is 135 cm³/mol. The molecule has 1 rings (SSSR count). The van der Waals surface area contributed by atoms with Crippen molar-refractivity contribution in [3.05, 3.63) is 23.8 Å². The van der Waals surface area contributed by atoms with Gasteiger partial charge >= 0.3 is 0 Å². The summed E-state index contributed by atoms with van der Waals surface area (Å²) >= 11 is 28.3. The summed E-state index contributed by atoms with van der Waals surface area (Å²) in [6, 6.07) is 4.11. The maximum atomic E-state index is 12.7. The Morgan fingerprint density at radius 3 is 1.92 bits per heavy atom. The van der Waals surface area contributed by atoms with Gasteiger partial charge in [-0.2, -0.15) is 9.22 Å². The van der Waals surface area contributed by atoms with Crippen LogP contribution >= 0.6 is 155 Å². The lowest BCUT2D eigenvalue weighted by molar-refractivity contribution is -0.184. The molecular formula is C10H3Br9O5S2. The number of sulfone groups is 1. The molecule has 148 valence electrons. The van der Waals surface area contributed by atoms with Crippen molar-refractivity contribution in [1.82, 2.24) is 0 Å². The summed E-state index contributed by atoms with van der Waals surface area (Å²) in [5.41, 5.74) is -0.0882. The Labute approximate surface area is 229 Å². The van der Waals surface area contributed by atoms with Crippen molar-refractivity contribution >= 4 is 171 Å². The van der Waals surface area contributed by atoms with E-state index in [1.807, 2.05) is 0 Å². The van der Waals surface area contributed by atoms with Crippen LogP contribution in [0.15, 0.2) is 28.0 Å². The van der Waals surface area contributed by atoms with Crippen LogP contribution in [0.25, 0.3) is 0 Å². The Kier molecular flexibility index (Phi) is 10.9. The van der Waals surface area contributed by atoms with E-state index in [1.165, 1.54) is 18.2 Å². The van der Waals surface area contributed by atoms with Crippen LogP contribution in [0, 0.1) is 0 Å². The highest BCUT2D eigenvalue weighted by Gasteiger charge is 2.42. The number of carbonyl (C=O) groups excluding carboxylic acids is 1. The number of halogens is 9. The first-order chi connectivity index (χ1) is 11.5. The molecule has 0 fully saturated rings. The van der Waals surface area contributed by atoms with E-state index in [0.717, 1.165) is 12.0 Å². The number of alkyl halides is 9. The molecule has 0 bridgehead atoms. The molecule has 0 amide bonds. The highest BCUT2D eigenvalue weighted by Crippen LogP contribution is 2.46. The van der Waals surface area contributed by atoms with Crippen LogP contribution in [0.3, 0.4) is 0 Å². The Hall–Kier alpha value is 3.43. The van der Waals surface area contributed by atoms with Gasteiger partial charge in [-0.25, -0.2) is 8.42 Å². The highest BCUT2D eigenvalue weighted by atomic mass is 80.0. The molecule has 26 heavy (non-hydrogen) atoms. The van der Waals surface area contributed by atoms with Crippen molar-refractivity contribution in [1.29, 1.82) is 0 Å². The zero-order valence-corrected chi connectivity index (χ0v) is 27.4. The van der Waals surface area contributed by atoms with Crippen LogP contribution in [-0.2, 0) is 19.1 Å². The molecule has 0 atom stereocenters. The van der Waals surface area contributed by atoms with E-state index in [2.05, 4.69) is 143 Å². The molecule has 16 heteroatoms. The zero-order chi connectivity index (χ0) is 20.6. The minimum Gasteiger partial charge on any atom is -0.291 e. The molecule has 0 saturated carbocycles. The van der Waals surface area contributed by atoms with Gasteiger partial charge in [0.25, 0.3) is 2.33 Å². The van der Waals surface area contributed by atoms with Gasteiger partial charge in [0, 0.05) is 10.5 Å². The van der Waals surface area contributed by atoms with Crippen LogP contribution in [-0.4, -0.2) is 20.1 Å². The number of carbonyl (C=O) groups is 1. The summed E-state index contributed by atoms with van der Waals surface area (Å²) in [4.78, 5) is 17.8. The van der Waals surface area contributed by atoms with E-state index in [4.69, 9.17) is 9.22 Å². The average molecular weight is 986 g/mol. The monoisotopic (exact) mass is 977 g/mol. The second-order valence-corrected chi connectivity index (χ2v) is 28.6. The topological polar surface area (TPSA) is 69.7 Å². The first-order valence-corrected chi connectivity index (χ1v) is 15.0. The number of ketones is 1. The molecule has 0 aromatic heterocycles. The average Bonchev–Trinajstić information content (AvgIpc) is 2.42. The van der Waals surface area contributed by atoms with Gasteiger partial charge in [-0.15, -0.1) is 0 Å². The largest absolute Gasteiger partial charge is 0.291 e. The van der Waals surface area contributed by atoms with Gasteiger partial charge in [-0.3, -0.25) is 4.79 Å². The van der Waals surface area contributed by atoms with Gasteiger partial charge < -0.3 is 0 Å². The van der Waals surface area contributed by atoms with Crippen LogP contribution in [0.4, 0.5) is 0 Å². The van der Waals surface area contributed by atoms with Crippen molar-refractivity contribution in [2.24, 2.45) is 0 Å². The van der Waals surface area contributed by atoms with Crippen molar-refractivity contribution in [3.8, 4) is 0 Å². The van der Waals surface area contributed by atoms with E-state index in [-0.39, 0.29) is 10.5 Å². The van der Waals surface area contributed by atoms with E-state index in [9.17, 15) is 13.2 Å². The number of Topliss-reactive ketones (excluding diaryl/α,β-unsaturated/α-hetero) is 1. The molecular weight excluding hydrogens is 983 g/mol. The lowest BCUT2D eigenvalue weighted by atomic mass is 10.1. The SMILES string of the molecule is O=C(c1cc(SOOC(Br)(Br)Br)ccc1S(=O)(=O)C(Br)(Br)Br)C(Br)(Br)Br. The molecule has 0 unspecified atom stereocenters. The number of rotatable bonds is 5. The fourth-order valence-electron chi connectivity index (χ4n) is 1.34. The van der Waals surface area contributed by atoms with Crippen LogP contribution in [0.2, 0.25) is 0 Å². The molecule has 0 spiro atoms. The number of benzene rings is 1. The Morgan fingerprint density at radius 1 is 0.962 bits per heavy atom. The van der Waals surface area contributed by atoms with Crippen molar-refractivity contribution in [2.45, 2.75) is 15.7 Å². The number of hydrogen-bond donors (Lipinski definition) is 0. The third kappa shape index (κ3) is 8.17. The summed E-state index contributed by atoms with van der Waals surface area (Å²) in [5, 5.41) is 0. The minimum absolute atomic E-state index is 0.0882. The first kappa shape index (κ1) is 27.5. The van der Waals surface area contributed by atoms with Crippen molar-refractivity contribution in [2.75, 3.05) is 0 Å². The van der Waals surface area contributed by atoms with E-state index in [0.29, 0.717) is 4.90 Å². The summed E-state index contributed by atoms with van der Waals surface area (Å²) < 4.78 is 26.4. The fraction of sp³-hybridized carbons (Fsp3) is 0.300. The smallest absolute Gasteiger partial charge is 0.266 e. The summed E-state index contributed by atoms with van der Waals surface area (Å²) in [6.07, 6.45) is 0. The number of hydrogen-bond acceptors (Lipinski definition) is 6. The van der Waals surface area contributed by atoms with E-state index in [1.54, 1.807) is 0 Å². The minimum atomic E-state index is -4.01. The third-order valence-corrected chi connectivity index (χ3v) is 9.75. The maximum absolute atomic E-state index is 12.7. The Balaban J connectivity index is 3.39. The summed E-state index contributed by atoms with van der Waals surface area (Å²) in [6.45, 7) is 0. The van der Waals surface area contributed by atoms with Crippen molar-refractivity contribution in [3.63, 3.8) is 0 Å². The predicted octanol–water partition coefficient (Wildman–Crippen LogP) is 8.03. The molecule has 0 heterocycles. The van der Waals surface area contributed by atoms with E-state index >= 15 is 0 Å². The van der Waals surface area contributed by atoms with Crippen LogP contribution < -0.4 is 0 Å². The normalized spacial score (nSPS) is 13.7. The molecule has 0 saturated heterocycles.